The molecule has 2 heterocycles. The lowest BCUT2D eigenvalue weighted by Crippen LogP contribution is -2.49. The molecule has 5 heteroatoms. The van der Waals surface area contributed by atoms with E-state index in [4.69, 9.17) is 9.47 Å². The van der Waals surface area contributed by atoms with Crippen LogP contribution in [0.3, 0.4) is 0 Å². The van der Waals surface area contributed by atoms with Crippen LogP contribution in [-0.4, -0.2) is 37.4 Å². The van der Waals surface area contributed by atoms with Crippen LogP contribution in [0.1, 0.15) is 37.9 Å². The lowest BCUT2D eigenvalue weighted by molar-refractivity contribution is 0.00215. The van der Waals surface area contributed by atoms with E-state index in [1.54, 1.807) is 0 Å². The van der Waals surface area contributed by atoms with Gasteiger partial charge < -0.3 is 20.1 Å². The van der Waals surface area contributed by atoms with Crippen LogP contribution in [0, 0.1) is 0 Å². The summed E-state index contributed by atoms with van der Waals surface area (Å²) in [5.74, 6) is 0. The van der Waals surface area contributed by atoms with Gasteiger partial charge in [0.05, 0.1) is 18.2 Å². The van der Waals surface area contributed by atoms with Crippen molar-refractivity contribution in [2.75, 3.05) is 13.2 Å². The molecule has 2 saturated heterocycles. The summed E-state index contributed by atoms with van der Waals surface area (Å²) < 4.78 is 11.3. The summed E-state index contributed by atoms with van der Waals surface area (Å²) in [6, 6.07) is 10.4. The zero-order valence-electron chi connectivity index (χ0n) is 13.0. The fourth-order valence-electron chi connectivity index (χ4n) is 3.14. The Balaban J connectivity index is 1.51. The van der Waals surface area contributed by atoms with E-state index in [1.807, 2.05) is 25.1 Å². The van der Waals surface area contributed by atoms with Crippen LogP contribution in [-0.2, 0) is 9.47 Å². The van der Waals surface area contributed by atoms with E-state index >= 15 is 0 Å². The van der Waals surface area contributed by atoms with Crippen molar-refractivity contribution in [2.45, 2.75) is 50.5 Å². The van der Waals surface area contributed by atoms with Gasteiger partial charge in [0.15, 0.2) is 0 Å². The Hall–Kier alpha value is -1.59. The lowest BCUT2D eigenvalue weighted by atomic mass is 9.97. The first-order valence-electron chi connectivity index (χ1n) is 8.07. The second-order valence-electron chi connectivity index (χ2n) is 6.08. The molecule has 0 saturated carbocycles. The van der Waals surface area contributed by atoms with Crippen molar-refractivity contribution >= 4 is 6.03 Å². The maximum Gasteiger partial charge on any atom is 0.315 e. The fraction of sp³-hybridized carbons (Fsp3) is 0.588. The zero-order valence-corrected chi connectivity index (χ0v) is 13.0. The van der Waals surface area contributed by atoms with E-state index in [1.165, 1.54) is 5.56 Å². The molecular weight excluding hydrogens is 280 g/mol. The van der Waals surface area contributed by atoms with Crippen molar-refractivity contribution in [3.63, 3.8) is 0 Å². The van der Waals surface area contributed by atoms with Gasteiger partial charge in [-0.2, -0.15) is 0 Å². The SMILES string of the molecule is C[C@@H]1OCC[C@@H]1NC(=O)N[C@H]1CCO[C@@H](c2ccccc2)C1. The Bertz CT molecular complexity index is 494. The van der Waals surface area contributed by atoms with E-state index in [-0.39, 0.29) is 30.3 Å². The molecule has 2 N–H and O–H groups in total. The van der Waals surface area contributed by atoms with E-state index in [2.05, 4.69) is 22.8 Å². The third-order valence-corrected chi connectivity index (χ3v) is 4.48. The maximum absolute atomic E-state index is 12.1. The van der Waals surface area contributed by atoms with Crippen molar-refractivity contribution in [1.29, 1.82) is 0 Å². The predicted octanol–water partition coefficient (Wildman–Crippen LogP) is 2.38. The molecule has 4 atom stereocenters. The van der Waals surface area contributed by atoms with E-state index in [0.29, 0.717) is 6.61 Å². The van der Waals surface area contributed by atoms with Gasteiger partial charge >= 0.3 is 6.03 Å². The summed E-state index contributed by atoms with van der Waals surface area (Å²) in [6.45, 7) is 3.39. The molecule has 0 aromatic heterocycles. The van der Waals surface area contributed by atoms with Crippen LogP contribution < -0.4 is 10.6 Å². The number of hydrogen-bond donors (Lipinski definition) is 2. The van der Waals surface area contributed by atoms with Gasteiger partial charge in [-0.05, 0) is 31.7 Å². The van der Waals surface area contributed by atoms with Crippen LogP contribution >= 0.6 is 0 Å². The summed E-state index contributed by atoms with van der Waals surface area (Å²) in [7, 11) is 0. The Labute approximate surface area is 131 Å². The lowest BCUT2D eigenvalue weighted by Gasteiger charge is -2.31. The molecule has 2 amide bonds. The smallest absolute Gasteiger partial charge is 0.315 e. The molecule has 1 aromatic carbocycles. The Morgan fingerprint density at radius 1 is 1.09 bits per heavy atom. The predicted molar refractivity (Wildman–Crippen MR) is 83.6 cm³/mol. The molecule has 2 aliphatic heterocycles. The molecule has 1 aromatic rings. The first-order chi connectivity index (χ1) is 10.7. The van der Waals surface area contributed by atoms with Crippen LogP contribution in [0.25, 0.3) is 0 Å². The Kier molecular flexibility index (Phi) is 4.95. The highest BCUT2D eigenvalue weighted by Gasteiger charge is 2.28. The fourth-order valence-corrected chi connectivity index (χ4v) is 3.14. The summed E-state index contributed by atoms with van der Waals surface area (Å²) in [4.78, 5) is 12.1. The molecule has 0 radical (unpaired) electrons. The largest absolute Gasteiger partial charge is 0.376 e. The number of urea groups is 1. The third-order valence-electron chi connectivity index (χ3n) is 4.48. The molecule has 22 heavy (non-hydrogen) atoms. The Morgan fingerprint density at radius 3 is 2.59 bits per heavy atom. The first-order valence-corrected chi connectivity index (χ1v) is 8.07. The van der Waals surface area contributed by atoms with Crippen molar-refractivity contribution in [3.8, 4) is 0 Å². The number of amides is 2. The summed E-state index contributed by atoms with van der Waals surface area (Å²) in [5.41, 5.74) is 1.17. The molecule has 0 unspecified atom stereocenters. The van der Waals surface area contributed by atoms with Crippen LogP contribution in [0.5, 0.6) is 0 Å². The van der Waals surface area contributed by atoms with Crippen LogP contribution in [0.2, 0.25) is 0 Å². The standard InChI is InChI=1S/C17H24N2O3/c1-12-15(8-10-21-12)19-17(20)18-14-7-9-22-16(11-14)13-5-3-2-4-6-13/h2-6,12,14-16H,7-11H2,1H3,(H2,18,19,20)/t12-,14-,15-,16+/m0/s1. The average molecular weight is 304 g/mol. The molecular formula is C17H24N2O3. The van der Waals surface area contributed by atoms with E-state index < -0.39 is 0 Å². The number of ether oxygens (including phenoxy) is 2. The van der Waals surface area contributed by atoms with Gasteiger partial charge in [0.25, 0.3) is 0 Å². The molecule has 120 valence electrons. The second-order valence-corrected chi connectivity index (χ2v) is 6.08. The molecule has 3 rings (SSSR count). The van der Waals surface area contributed by atoms with Gasteiger partial charge in [-0.3, -0.25) is 0 Å². The average Bonchev–Trinajstić information content (AvgIpc) is 2.93. The molecule has 2 aliphatic rings. The van der Waals surface area contributed by atoms with Gasteiger partial charge in [-0.25, -0.2) is 4.79 Å². The summed E-state index contributed by atoms with van der Waals surface area (Å²) in [5, 5.41) is 6.10. The van der Waals surface area contributed by atoms with Gasteiger partial charge in [-0.1, -0.05) is 30.3 Å². The molecule has 0 aliphatic carbocycles. The number of carbonyl (C=O) groups excluding carboxylic acids is 1. The third kappa shape index (κ3) is 3.78. The topological polar surface area (TPSA) is 59.6 Å². The van der Waals surface area contributed by atoms with Gasteiger partial charge in [-0.15, -0.1) is 0 Å². The molecule has 2 fully saturated rings. The normalized spacial score (nSPS) is 31.7. The Morgan fingerprint density at radius 2 is 1.86 bits per heavy atom. The number of rotatable bonds is 3. The van der Waals surface area contributed by atoms with Crippen molar-refractivity contribution in [3.05, 3.63) is 35.9 Å². The minimum absolute atomic E-state index is 0.0639. The highest BCUT2D eigenvalue weighted by Crippen LogP contribution is 2.27. The van der Waals surface area contributed by atoms with E-state index in [9.17, 15) is 4.79 Å². The number of nitrogens with one attached hydrogen (secondary N) is 2. The monoisotopic (exact) mass is 304 g/mol. The van der Waals surface area contributed by atoms with Crippen molar-refractivity contribution < 1.29 is 14.3 Å². The number of hydrogen-bond acceptors (Lipinski definition) is 3. The highest BCUT2D eigenvalue weighted by atomic mass is 16.5. The van der Waals surface area contributed by atoms with Crippen molar-refractivity contribution in [2.24, 2.45) is 0 Å². The molecule has 0 spiro atoms. The summed E-state index contributed by atoms with van der Waals surface area (Å²) >= 11 is 0. The van der Waals surface area contributed by atoms with Gasteiger partial charge in [0.1, 0.15) is 0 Å². The van der Waals surface area contributed by atoms with Crippen LogP contribution in [0.4, 0.5) is 4.79 Å². The second kappa shape index (κ2) is 7.11. The van der Waals surface area contributed by atoms with E-state index in [0.717, 1.165) is 25.9 Å². The quantitative estimate of drug-likeness (QED) is 0.901. The minimum Gasteiger partial charge on any atom is -0.376 e. The number of benzene rings is 1. The zero-order chi connectivity index (χ0) is 15.4. The highest BCUT2D eigenvalue weighted by molar-refractivity contribution is 5.74. The minimum atomic E-state index is -0.0962. The van der Waals surface area contributed by atoms with Gasteiger partial charge in [0.2, 0.25) is 0 Å². The summed E-state index contributed by atoms with van der Waals surface area (Å²) in [6.07, 6.45) is 2.71. The molecule has 0 bridgehead atoms. The van der Waals surface area contributed by atoms with Gasteiger partial charge in [0, 0.05) is 19.3 Å². The maximum atomic E-state index is 12.1. The number of carbonyl (C=O) groups is 1. The first kappa shape index (κ1) is 15.3. The van der Waals surface area contributed by atoms with Crippen LogP contribution in [0.15, 0.2) is 30.3 Å². The molecule has 5 nitrogen and oxygen atoms in total. The van der Waals surface area contributed by atoms with Crippen molar-refractivity contribution in [1.82, 2.24) is 10.6 Å².